The number of nitrogens with zero attached hydrogens (tertiary/aromatic N) is 2. The molecule has 0 radical (unpaired) electrons. The van der Waals surface area contributed by atoms with Crippen molar-refractivity contribution in [1.29, 1.82) is 0 Å². The van der Waals surface area contributed by atoms with Gasteiger partial charge in [0, 0.05) is 32.6 Å². The van der Waals surface area contributed by atoms with Crippen LogP contribution in [0, 0.1) is 5.92 Å². The highest BCUT2D eigenvalue weighted by Gasteiger charge is 2.28. The molecule has 0 aliphatic heterocycles. The smallest absolute Gasteiger partial charge is 0.328 e. The molecule has 7 heteroatoms. The zero-order valence-corrected chi connectivity index (χ0v) is 14.0. The monoisotopic (exact) mass is 338 g/mol. The van der Waals surface area contributed by atoms with Crippen molar-refractivity contribution in [3.63, 3.8) is 0 Å². The molecule has 1 amide bonds. The van der Waals surface area contributed by atoms with Crippen molar-refractivity contribution in [2.75, 3.05) is 6.54 Å². The Morgan fingerprint density at radius 2 is 2.00 bits per heavy atom. The summed E-state index contributed by atoms with van der Waals surface area (Å²) in [6.45, 7) is 0.901. The summed E-state index contributed by atoms with van der Waals surface area (Å²) in [6.07, 6.45) is 2.62. The van der Waals surface area contributed by atoms with Gasteiger partial charge in [-0.25, -0.2) is 4.79 Å². The van der Waals surface area contributed by atoms with Gasteiger partial charge in [0.05, 0.1) is 11.0 Å². The van der Waals surface area contributed by atoms with Crippen molar-refractivity contribution in [3.8, 4) is 0 Å². The first kappa shape index (κ1) is 17.6. The lowest BCUT2D eigenvalue weighted by molar-refractivity contribution is -0.121. The minimum atomic E-state index is -0.0938. The molecule has 3 rings (SSSR count). The Hall–Kier alpha value is -1.79. The van der Waals surface area contributed by atoms with Crippen molar-refractivity contribution in [1.82, 2.24) is 14.5 Å². The Kier molecular flexibility index (Phi) is 5.49. The molecular weight excluding hydrogens is 316 g/mol. The summed E-state index contributed by atoms with van der Waals surface area (Å²) in [7, 11) is 1.75. The highest BCUT2D eigenvalue weighted by molar-refractivity contribution is 5.85. The molecule has 1 unspecified atom stereocenters. The first-order chi connectivity index (χ1) is 10.6. The molecule has 126 valence electrons. The van der Waals surface area contributed by atoms with Crippen LogP contribution in [-0.2, 0) is 18.4 Å². The number of nitrogens with one attached hydrogen (secondary N) is 1. The topological polar surface area (TPSA) is 82.0 Å². The fourth-order valence-electron chi connectivity index (χ4n) is 2.80. The van der Waals surface area contributed by atoms with E-state index in [1.807, 2.05) is 24.3 Å². The van der Waals surface area contributed by atoms with Crippen molar-refractivity contribution in [3.05, 3.63) is 34.7 Å². The molecule has 2 aromatic rings. The number of carbonyl (C=O) groups excluding carboxylic acids is 1. The quantitative estimate of drug-likeness (QED) is 0.824. The van der Waals surface area contributed by atoms with Crippen LogP contribution >= 0.6 is 12.4 Å². The van der Waals surface area contributed by atoms with Crippen LogP contribution in [0.3, 0.4) is 0 Å². The number of aryl methyl sites for hydroxylation is 2. The summed E-state index contributed by atoms with van der Waals surface area (Å²) in [4.78, 5) is 24.2. The molecule has 1 aliphatic rings. The number of aromatic nitrogens is 2. The average Bonchev–Trinajstić information content (AvgIpc) is 3.34. The van der Waals surface area contributed by atoms with Gasteiger partial charge in [-0.3, -0.25) is 13.9 Å². The molecule has 1 aromatic heterocycles. The number of hydrogen-bond donors (Lipinski definition) is 2. The van der Waals surface area contributed by atoms with E-state index in [4.69, 9.17) is 5.73 Å². The molecular formula is C16H23ClN4O2. The van der Waals surface area contributed by atoms with Crippen molar-refractivity contribution >= 4 is 29.3 Å². The SMILES string of the molecule is Cl.Cn1c(=O)n(CCC(=O)NCC(N)C2CC2)c2ccccc21. The summed E-state index contributed by atoms with van der Waals surface area (Å²) in [5.41, 5.74) is 7.61. The van der Waals surface area contributed by atoms with Gasteiger partial charge in [0.1, 0.15) is 0 Å². The van der Waals surface area contributed by atoms with E-state index in [-0.39, 0.29) is 36.5 Å². The molecule has 1 aliphatic carbocycles. The average molecular weight is 339 g/mol. The molecule has 1 aromatic carbocycles. The lowest BCUT2D eigenvalue weighted by Crippen LogP contribution is -2.39. The molecule has 23 heavy (non-hydrogen) atoms. The molecule has 3 N–H and O–H groups in total. The van der Waals surface area contributed by atoms with Crippen molar-refractivity contribution in [2.24, 2.45) is 18.7 Å². The molecule has 1 atom stereocenters. The first-order valence-electron chi connectivity index (χ1n) is 7.74. The van der Waals surface area contributed by atoms with Crippen LogP contribution in [0.15, 0.2) is 29.1 Å². The maximum Gasteiger partial charge on any atom is 0.328 e. The van der Waals surface area contributed by atoms with E-state index < -0.39 is 0 Å². The fraction of sp³-hybridized carbons (Fsp3) is 0.500. The fourth-order valence-corrected chi connectivity index (χ4v) is 2.80. The number of nitrogens with two attached hydrogens (primary N) is 1. The second-order valence-electron chi connectivity index (χ2n) is 6.04. The number of benzene rings is 1. The molecule has 1 fully saturated rings. The molecule has 1 heterocycles. The summed E-state index contributed by atoms with van der Waals surface area (Å²) in [5, 5.41) is 2.86. The number of hydrogen-bond acceptors (Lipinski definition) is 3. The molecule has 1 saturated carbocycles. The van der Waals surface area contributed by atoms with E-state index >= 15 is 0 Å². The molecule has 0 spiro atoms. The second-order valence-corrected chi connectivity index (χ2v) is 6.04. The van der Waals surface area contributed by atoms with E-state index in [9.17, 15) is 9.59 Å². The summed E-state index contributed by atoms with van der Waals surface area (Å²) < 4.78 is 3.26. The third-order valence-corrected chi connectivity index (χ3v) is 4.38. The van der Waals surface area contributed by atoms with Crippen molar-refractivity contribution in [2.45, 2.75) is 31.8 Å². The first-order valence-corrected chi connectivity index (χ1v) is 7.74. The Morgan fingerprint density at radius 3 is 2.65 bits per heavy atom. The molecule has 0 saturated heterocycles. The Bertz CT molecular complexity index is 748. The largest absolute Gasteiger partial charge is 0.354 e. The highest BCUT2D eigenvalue weighted by atomic mass is 35.5. The summed E-state index contributed by atoms with van der Waals surface area (Å²) in [5.74, 6) is 0.511. The number of imidazole rings is 1. The van der Waals surface area contributed by atoms with E-state index in [2.05, 4.69) is 5.32 Å². The predicted molar refractivity (Wildman–Crippen MR) is 92.8 cm³/mol. The Labute approximate surface area is 141 Å². The summed E-state index contributed by atoms with van der Waals surface area (Å²) >= 11 is 0. The minimum absolute atomic E-state index is 0. The minimum Gasteiger partial charge on any atom is -0.354 e. The standard InChI is InChI=1S/C16H22N4O2.ClH/c1-19-13-4-2-3-5-14(13)20(16(19)22)9-8-15(21)18-10-12(17)11-6-7-11;/h2-5,11-12H,6-10,17H2,1H3,(H,18,21);1H. The zero-order valence-electron chi connectivity index (χ0n) is 13.2. The maximum absolute atomic E-state index is 12.2. The highest BCUT2D eigenvalue weighted by Crippen LogP contribution is 2.31. The third kappa shape index (κ3) is 3.76. The van der Waals surface area contributed by atoms with Crippen LogP contribution in [0.4, 0.5) is 0 Å². The van der Waals surface area contributed by atoms with Gasteiger partial charge in [0.15, 0.2) is 0 Å². The van der Waals surface area contributed by atoms with Gasteiger partial charge in [-0.15, -0.1) is 12.4 Å². The van der Waals surface area contributed by atoms with E-state index in [0.717, 1.165) is 11.0 Å². The lowest BCUT2D eigenvalue weighted by Gasteiger charge is -2.11. The van der Waals surface area contributed by atoms with E-state index in [0.29, 0.717) is 19.0 Å². The Morgan fingerprint density at radius 1 is 1.35 bits per heavy atom. The molecule has 6 nitrogen and oxygen atoms in total. The van der Waals surface area contributed by atoms with Crippen LogP contribution in [0.1, 0.15) is 19.3 Å². The number of para-hydroxylation sites is 2. The van der Waals surface area contributed by atoms with Gasteiger partial charge in [0.25, 0.3) is 0 Å². The number of halogens is 1. The lowest BCUT2D eigenvalue weighted by atomic mass is 10.2. The number of rotatable bonds is 6. The third-order valence-electron chi connectivity index (χ3n) is 4.38. The van der Waals surface area contributed by atoms with Crippen molar-refractivity contribution < 1.29 is 4.79 Å². The second kappa shape index (κ2) is 7.19. The van der Waals surface area contributed by atoms with Gasteiger partial charge in [-0.05, 0) is 30.9 Å². The van der Waals surface area contributed by atoms with Crippen LogP contribution in [0.2, 0.25) is 0 Å². The van der Waals surface area contributed by atoms with Gasteiger partial charge < -0.3 is 11.1 Å². The normalized spacial score (nSPS) is 15.2. The number of carbonyl (C=O) groups is 1. The summed E-state index contributed by atoms with van der Waals surface area (Å²) in [6, 6.07) is 7.66. The van der Waals surface area contributed by atoms with E-state index in [1.165, 1.54) is 12.8 Å². The number of fused-ring (bicyclic) bond motifs is 1. The van der Waals surface area contributed by atoms with Gasteiger partial charge in [0.2, 0.25) is 5.91 Å². The van der Waals surface area contributed by atoms with Crippen LogP contribution in [0.5, 0.6) is 0 Å². The maximum atomic E-state index is 12.2. The van der Waals surface area contributed by atoms with Crippen LogP contribution < -0.4 is 16.7 Å². The van der Waals surface area contributed by atoms with E-state index in [1.54, 1.807) is 16.2 Å². The molecule has 0 bridgehead atoms. The Balaban J connectivity index is 0.00000192. The van der Waals surface area contributed by atoms with Crippen LogP contribution in [0.25, 0.3) is 11.0 Å². The van der Waals surface area contributed by atoms with Crippen LogP contribution in [-0.4, -0.2) is 27.6 Å². The van der Waals surface area contributed by atoms with Gasteiger partial charge in [-0.2, -0.15) is 0 Å². The van der Waals surface area contributed by atoms with Gasteiger partial charge >= 0.3 is 5.69 Å². The number of amides is 1. The predicted octanol–water partition coefficient (Wildman–Crippen LogP) is 1.01. The zero-order chi connectivity index (χ0) is 15.7. The van der Waals surface area contributed by atoms with Gasteiger partial charge in [-0.1, -0.05) is 12.1 Å².